The summed E-state index contributed by atoms with van der Waals surface area (Å²) >= 11 is 5.61. The van der Waals surface area contributed by atoms with E-state index in [1.54, 1.807) is 25.4 Å². The summed E-state index contributed by atoms with van der Waals surface area (Å²) in [5.41, 5.74) is 4.65. The van der Waals surface area contributed by atoms with Crippen LogP contribution in [0, 0.1) is 0 Å². The predicted molar refractivity (Wildman–Crippen MR) is 131 cm³/mol. The number of benzene rings is 3. The summed E-state index contributed by atoms with van der Waals surface area (Å²) < 4.78 is 5.22. The Morgan fingerprint density at radius 1 is 0.938 bits per heavy atom. The SMILES string of the molecule is COc1ccc(CC(=S)Nc2ncc(-c3ccc(O)cc3)nc2Cc2ccccc2)cc1. The van der Waals surface area contributed by atoms with E-state index in [1.807, 2.05) is 54.6 Å². The van der Waals surface area contributed by atoms with Gasteiger partial charge in [0, 0.05) is 18.4 Å². The maximum atomic E-state index is 9.58. The Morgan fingerprint density at radius 2 is 1.66 bits per heavy atom. The van der Waals surface area contributed by atoms with E-state index < -0.39 is 0 Å². The van der Waals surface area contributed by atoms with Crippen LogP contribution in [-0.4, -0.2) is 27.2 Å². The van der Waals surface area contributed by atoms with Crippen molar-refractivity contribution in [3.8, 4) is 22.8 Å². The number of anilines is 1. The molecular formula is C26H23N3O2S. The van der Waals surface area contributed by atoms with Crippen molar-refractivity contribution in [1.29, 1.82) is 0 Å². The molecule has 0 spiro atoms. The molecule has 0 aliphatic carbocycles. The second-order valence-electron chi connectivity index (χ2n) is 7.33. The highest BCUT2D eigenvalue weighted by Crippen LogP contribution is 2.24. The molecule has 1 heterocycles. The summed E-state index contributed by atoms with van der Waals surface area (Å²) in [6.45, 7) is 0. The third kappa shape index (κ3) is 5.47. The van der Waals surface area contributed by atoms with Gasteiger partial charge in [-0.05, 0) is 47.5 Å². The predicted octanol–water partition coefficient (Wildman–Crippen LogP) is 5.43. The van der Waals surface area contributed by atoms with E-state index in [2.05, 4.69) is 22.4 Å². The zero-order valence-electron chi connectivity index (χ0n) is 17.7. The lowest BCUT2D eigenvalue weighted by atomic mass is 10.1. The molecule has 6 heteroatoms. The van der Waals surface area contributed by atoms with Gasteiger partial charge >= 0.3 is 0 Å². The van der Waals surface area contributed by atoms with Gasteiger partial charge in [0.15, 0.2) is 5.82 Å². The van der Waals surface area contributed by atoms with Crippen molar-refractivity contribution in [3.63, 3.8) is 0 Å². The van der Waals surface area contributed by atoms with Crippen molar-refractivity contribution in [3.05, 3.63) is 102 Å². The third-order valence-electron chi connectivity index (χ3n) is 5.00. The average molecular weight is 442 g/mol. The van der Waals surface area contributed by atoms with E-state index in [4.69, 9.17) is 21.9 Å². The molecule has 1 aromatic heterocycles. The number of methoxy groups -OCH3 is 1. The highest BCUT2D eigenvalue weighted by molar-refractivity contribution is 7.80. The van der Waals surface area contributed by atoms with Gasteiger partial charge in [-0.1, -0.05) is 54.7 Å². The van der Waals surface area contributed by atoms with Crippen LogP contribution in [0.3, 0.4) is 0 Å². The van der Waals surface area contributed by atoms with Crippen molar-refractivity contribution in [1.82, 2.24) is 9.97 Å². The Balaban J connectivity index is 1.59. The number of nitrogens with zero attached hydrogens (tertiary/aromatic N) is 2. The molecule has 5 nitrogen and oxygen atoms in total. The van der Waals surface area contributed by atoms with Gasteiger partial charge in [-0.15, -0.1) is 0 Å². The maximum absolute atomic E-state index is 9.58. The number of hydrogen-bond donors (Lipinski definition) is 2. The van der Waals surface area contributed by atoms with Crippen LogP contribution in [0.4, 0.5) is 5.82 Å². The Kier molecular flexibility index (Phi) is 6.72. The highest BCUT2D eigenvalue weighted by atomic mass is 32.1. The Labute approximate surface area is 192 Å². The fourth-order valence-electron chi connectivity index (χ4n) is 3.32. The quantitative estimate of drug-likeness (QED) is 0.373. The monoisotopic (exact) mass is 441 g/mol. The van der Waals surface area contributed by atoms with Crippen LogP contribution in [0.25, 0.3) is 11.3 Å². The second kappa shape index (κ2) is 10.0. The number of aromatic nitrogens is 2. The molecule has 3 aromatic carbocycles. The number of phenolic OH excluding ortho intramolecular Hbond substituents is 1. The lowest BCUT2D eigenvalue weighted by Crippen LogP contribution is -2.16. The van der Waals surface area contributed by atoms with E-state index in [0.717, 1.165) is 33.8 Å². The molecule has 0 fully saturated rings. The van der Waals surface area contributed by atoms with E-state index in [-0.39, 0.29) is 5.75 Å². The fraction of sp³-hybridized carbons (Fsp3) is 0.115. The first kappa shape index (κ1) is 21.5. The van der Waals surface area contributed by atoms with Crippen molar-refractivity contribution in [2.24, 2.45) is 0 Å². The zero-order chi connectivity index (χ0) is 22.3. The molecule has 0 aliphatic rings. The first-order valence-corrected chi connectivity index (χ1v) is 10.6. The Hall–Kier alpha value is -3.77. The van der Waals surface area contributed by atoms with Gasteiger partial charge in [-0.3, -0.25) is 0 Å². The normalized spacial score (nSPS) is 10.5. The third-order valence-corrected chi connectivity index (χ3v) is 5.25. The van der Waals surface area contributed by atoms with Crippen LogP contribution in [0.2, 0.25) is 0 Å². The first-order valence-electron chi connectivity index (χ1n) is 10.2. The number of hydrogen-bond acceptors (Lipinski definition) is 5. The zero-order valence-corrected chi connectivity index (χ0v) is 18.5. The summed E-state index contributed by atoms with van der Waals surface area (Å²) in [7, 11) is 1.65. The number of aromatic hydroxyl groups is 1. The van der Waals surface area contributed by atoms with Crippen LogP contribution in [0.1, 0.15) is 16.8 Å². The number of phenols is 1. The summed E-state index contributed by atoms with van der Waals surface area (Å²) in [6, 6.07) is 24.9. The number of nitrogens with one attached hydrogen (secondary N) is 1. The molecule has 32 heavy (non-hydrogen) atoms. The summed E-state index contributed by atoms with van der Waals surface area (Å²) in [4.78, 5) is 10.2. The van der Waals surface area contributed by atoms with Crippen LogP contribution in [0.5, 0.6) is 11.5 Å². The number of thiocarbonyl (C=S) groups is 1. The Morgan fingerprint density at radius 3 is 2.34 bits per heavy atom. The lowest BCUT2D eigenvalue weighted by Gasteiger charge is -2.13. The highest BCUT2D eigenvalue weighted by Gasteiger charge is 2.12. The average Bonchev–Trinajstić information content (AvgIpc) is 2.82. The largest absolute Gasteiger partial charge is 0.508 e. The molecule has 0 atom stereocenters. The molecule has 2 N–H and O–H groups in total. The van der Waals surface area contributed by atoms with Crippen molar-refractivity contribution < 1.29 is 9.84 Å². The van der Waals surface area contributed by atoms with Gasteiger partial charge in [0.1, 0.15) is 11.5 Å². The topological polar surface area (TPSA) is 67.3 Å². The smallest absolute Gasteiger partial charge is 0.152 e. The minimum Gasteiger partial charge on any atom is -0.508 e. The van der Waals surface area contributed by atoms with E-state index in [9.17, 15) is 5.11 Å². The van der Waals surface area contributed by atoms with Crippen molar-refractivity contribution in [2.75, 3.05) is 12.4 Å². The van der Waals surface area contributed by atoms with Gasteiger partial charge in [-0.25, -0.2) is 9.97 Å². The van der Waals surface area contributed by atoms with Gasteiger partial charge in [-0.2, -0.15) is 0 Å². The van der Waals surface area contributed by atoms with Gasteiger partial charge in [0.05, 0.1) is 29.7 Å². The molecule has 160 valence electrons. The van der Waals surface area contributed by atoms with Crippen LogP contribution >= 0.6 is 12.2 Å². The fourth-order valence-corrected chi connectivity index (χ4v) is 3.58. The second-order valence-corrected chi connectivity index (χ2v) is 7.83. The molecule has 0 amide bonds. The van der Waals surface area contributed by atoms with E-state index in [1.165, 1.54) is 0 Å². The molecule has 0 radical (unpaired) electrons. The molecule has 0 aliphatic heterocycles. The molecule has 0 saturated heterocycles. The molecule has 0 saturated carbocycles. The molecule has 0 unspecified atom stereocenters. The summed E-state index contributed by atoms with van der Waals surface area (Å²) in [5, 5.41) is 12.9. The van der Waals surface area contributed by atoms with E-state index in [0.29, 0.717) is 23.6 Å². The van der Waals surface area contributed by atoms with Crippen LogP contribution in [0.15, 0.2) is 85.1 Å². The van der Waals surface area contributed by atoms with E-state index >= 15 is 0 Å². The molecule has 4 rings (SSSR count). The maximum Gasteiger partial charge on any atom is 0.152 e. The van der Waals surface area contributed by atoms with Crippen molar-refractivity contribution in [2.45, 2.75) is 12.8 Å². The van der Waals surface area contributed by atoms with Crippen LogP contribution in [-0.2, 0) is 12.8 Å². The van der Waals surface area contributed by atoms with Crippen molar-refractivity contribution >= 4 is 23.0 Å². The minimum atomic E-state index is 0.216. The number of rotatable bonds is 7. The summed E-state index contributed by atoms with van der Waals surface area (Å²) in [5.74, 6) is 1.68. The molecular weight excluding hydrogens is 418 g/mol. The van der Waals surface area contributed by atoms with Gasteiger partial charge in [0.25, 0.3) is 0 Å². The molecule has 0 bridgehead atoms. The molecule has 4 aromatic rings. The first-order chi connectivity index (χ1) is 15.6. The van der Waals surface area contributed by atoms with Gasteiger partial charge < -0.3 is 15.2 Å². The van der Waals surface area contributed by atoms with Gasteiger partial charge in [0.2, 0.25) is 0 Å². The standard InChI is InChI=1S/C26H23N3O2S/c1-31-22-13-7-19(8-14-22)16-25(32)29-26-23(15-18-5-3-2-4-6-18)28-24(17-27-26)20-9-11-21(30)12-10-20/h2-14,17,30H,15-16H2,1H3,(H,27,29,32). The minimum absolute atomic E-state index is 0.216. The lowest BCUT2D eigenvalue weighted by molar-refractivity contribution is 0.414. The number of ether oxygens (including phenoxy) is 1. The van der Waals surface area contributed by atoms with Crippen LogP contribution < -0.4 is 10.1 Å². The summed E-state index contributed by atoms with van der Waals surface area (Å²) in [6.07, 6.45) is 2.93. The Bertz CT molecular complexity index is 1190.